The topological polar surface area (TPSA) is 172 Å². The van der Waals surface area contributed by atoms with Gasteiger partial charge in [0, 0.05) is 13.5 Å². The van der Waals surface area contributed by atoms with Crippen molar-refractivity contribution in [2.24, 2.45) is 0 Å². The average molecular weight is 558 g/mol. The molecule has 1 rings (SSSR count). The van der Waals surface area contributed by atoms with Gasteiger partial charge >= 0.3 is 10.4 Å². The zero-order chi connectivity index (χ0) is 28.3. The van der Waals surface area contributed by atoms with Gasteiger partial charge in [-0.2, -0.15) is 8.42 Å². The van der Waals surface area contributed by atoms with Gasteiger partial charge in [-0.1, -0.05) is 68.7 Å². The summed E-state index contributed by atoms with van der Waals surface area (Å²) in [6.45, 7) is 6.54. The van der Waals surface area contributed by atoms with E-state index in [1.807, 2.05) is 0 Å². The average Bonchev–Trinajstić information content (AvgIpc) is 2.87. The van der Waals surface area contributed by atoms with E-state index in [2.05, 4.69) is 26.9 Å². The van der Waals surface area contributed by atoms with Gasteiger partial charge in [0.05, 0.1) is 19.8 Å². The van der Waals surface area contributed by atoms with Gasteiger partial charge in [0.1, 0.15) is 24.4 Å². The number of nitrogens with zero attached hydrogens (tertiary/aromatic N) is 1. The number of hydrogen-bond donors (Lipinski definition) is 4. The second-order valence-corrected chi connectivity index (χ2v) is 9.95. The maximum Gasteiger partial charge on any atom is 0.426 e. The molecule has 0 aliphatic carbocycles. The van der Waals surface area contributed by atoms with Gasteiger partial charge in [0.25, 0.3) is 0 Å². The molecule has 13 heteroatoms. The number of hydrogen-bond acceptors (Lipinski definition) is 11. The molecule has 0 radical (unpaired) electrons. The lowest BCUT2D eigenvalue weighted by Crippen LogP contribution is -2.64. The molecule has 12 nitrogen and oxygen atoms in total. The van der Waals surface area contributed by atoms with E-state index in [9.17, 15) is 28.5 Å². The van der Waals surface area contributed by atoms with Gasteiger partial charge in [-0.15, -0.1) is 6.58 Å². The minimum atomic E-state index is -4.00. The Bertz CT molecular complexity index is 707. The van der Waals surface area contributed by atoms with Crippen molar-refractivity contribution < 1.29 is 51.8 Å². The molecule has 1 saturated heterocycles. The van der Waals surface area contributed by atoms with Crippen molar-refractivity contribution in [1.29, 1.82) is 0 Å². The molecule has 1 amide bonds. The number of aliphatic hydroxyl groups excluding tert-OH is 4. The Hall–Kier alpha value is -1.16. The van der Waals surface area contributed by atoms with Gasteiger partial charge in [-0.05, 0) is 13.3 Å². The number of amides is 1. The van der Waals surface area contributed by atoms with E-state index in [-0.39, 0.29) is 19.1 Å². The first-order valence-electron chi connectivity index (χ1n) is 12.9. The summed E-state index contributed by atoms with van der Waals surface area (Å²) >= 11 is 0. The first kappa shape index (κ1) is 35.8. The Morgan fingerprint density at radius 2 is 1.57 bits per heavy atom. The van der Waals surface area contributed by atoms with Crippen molar-refractivity contribution in [2.75, 3.05) is 26.9 Å². The molecule has 0 aromatic carbocycles. The van der Waals surface area contributed by atoms with Crippen LogP contribution >= 0.6 is 0 Å². The number of unbranched alkanes of at least 4 members (excludes halogenated alkanes) is 8. The summed E-state index contributed by atoms with van der Waals surface area (Å²) in [5, 5.41) is 39.2. The molecule has 1 heterocycles. The predicted octanol–water partition coefficient (Wildman–Crippen LogP) is 1.57. The summed E-state index contributed by atoms with van der Waals surface area (Å²) in [5.41, 5.74) is 0. The lowest BCUT2D eigenvalue weighted by Gasteiger charge is -2.43. The molecule has 0 spiro atoms. The van der Waals surface area contributed by atoms with Crippen LogP contribution in [0.2, 0.25) is 0 Å². The number of rotatable bonds is 18. The lowest BCUT2D eigenvalue weighted by atomic mass is 9.95. The Labute approximate surface area is 221 Å². The van der Waals surface area contributed by atoms with E-state index in [4.69, 9.17) is 9.84 Å². The highest BCUT2D eigenvalue weighted by molar-refractivity contribution is 7.81. The van der Waals surface area contributed by atoms with E-state index in [1.54, 1.807) is 6.92 Å². The zero-order valence-corrected chi connectivity index (χ0v) is 23.2. The third kappa shape index (κ3) is 15.1. The molecule has 5 atom stereocenters. The van der Waals surface area contributed by atoms with Crippen LogP contribution in [0.3, 0.4) is 0 Å². The molecular weight excluding hydrogens is 510 g/mol. The van der Waals surface area contributed by atoms with E-state index < -0.39 is 47.6 Å². The van der Waals surface area contributed by atoms with Crippen LogP contribution in [0.15, 0.2) is 12.7 Å². The molecule has 1 aliphatic rings. The van der Waals surface area contributed by atoms with Crippen LogP contribution in [0, 0.1) is 0 Å². The van der Waals surface area contributed by atoms with Gasteiger partial charge in [-0.3, -0.25) is 4.79 Å². The van der Waals surface area contributed by atoms with Crippen LogP contribution in [0.1, 0.15) is 78.1 Å². The first-order chi connectivity index (χ1) is 17.6. The number of likely N-dealkylation sites (N-methyl/N-ethyl adjacent to an activating group) is 1. The summed E-state index contributed by atoms with van der Waals surface area (Å²) in [6.07, 6.45) is 6.83. The van der Waals surface area contributed by atoms with Crippen molar-refractivity contribution in [3.63, 3.8) is 0 Å². The van der Waals surface area contributed by atoms with Crippen LogP contribution < -0.4 is 0 Å². The normalized spacial score (nSPS) is 23.7. The zero-order valence-electron chi connectivity index (χ0n) is 22.4. The molecule has 0 bridgehead atoms. The first-order valence-corrected chi connectivity index (χ1v) is 14.3. The highest BCUT2D eigenvalue weighted by Crippen LogP contribution is 2.24. The SMILES string of the molecule is C=CCOS(=O)(=O)OOCC.CCCCCCCCCCCC(=O)N(C)[C@H]1C(O)O[C@H](CO)[C@@H](O)[C@@H]1O. The summed E-state index contributed by atoms with van der Waals surface area (Å²) in [6, 6.07) is -1.04. The highest BCUT2D eigenvalue weighted by Gasteiger charge is 2.46. The quantitative estimate of drug-likeness (QED) is 0.0834. The number of ether oxygens (including phenoxy) is 1. The summed E-state index contributed by atoms with van der Waals surface area (Å²) in [5.74, 6) is -0.200. The van der Waals surface area contributed by atoms with Gasteiger partial charge < -0.3 is 30.1 Å². The standard InChI is InChI=1S/C19H37NO6.C5H10O5S/c1-3-4-5-6-7-8-9-10-11-12-15(22)20(2)16-18(24)17(23)14(13-21)26-19(16)25;1-3-5-9-11(6,7)10-8-4-2/h14,16-19,21,23-25H,3-13H2,1-2H3;3H,1,4-5H2,2H3/t14-,16-,17-,18-,19?;/m1./s1. The minimum absolute atomic E-state index is 0.130. The Kier molecular flexibility index (Phi) is 20.1. The van der Waals surface area contributed by atoms with Crippen LogP contribution in [0.25, 0.3) is 0 Å². The fraction of sp³-hybridized carbons (Fsp3) is 0.875. The summed E-state index contributed by atoms with van der Waals surface area (Å²) in [7, 11) is -2.51. The van der Waals surface area contributed by atoms with Crippen LogP contribution in [-0.2, 0) is 33.3 Å². The second kappa shape index (κ2) is 20.8. The highest BCUT2D eigenvalue weighted by atomic mass is 32.3. The summed E-state index contributed by atoms with van der Waals surface area (Å²) < 4.78 is 34.2. The molecule has 1 unspecified atom stereocenters. The molecular formula is C24H47NO11S. The minimum Gasteiger partial charge on any atom is -0.394 e. The lowest BCUT2D eigenvalue weighted by molar-refractivity contribution is -0.268. The number of carbonyl (C=O) groups excluding carboxylic acids is 1. The number of aliphatic hydroxyl groups is 4. The van der Waals surface area contributed by atoms with Crippen molar-refractivity contribution in [3.05, 3.63) is 12.7 Å². The molecule has 4 N–H and O–H groups in total. The third-order valence-corrected chi connectivity index (χ3v) is 6.47. The molecule has 37 heavy (non-hydrogen) atoms. The van der Waals surface area contributed by atoms with Crippen LogP contribution in [-0.4, -0.2) is 97.2 Å². The molecule has 0 aromatic heterocycles. The van der Waals surface area contributed by atoms with E-state index >= 15 is 0 Å². The van der Waals surface area contributed by atoms with Crippen molar-refractivity contribution in [2.45, 2.75) is 109 Å². The summed E-state index contributed by atoms with van der Waals surface area (Å²) in [4.78, 5) is 17.7. The van der Waals surface area contributed by atoms with Crippen LogP contribution in [0.5, 0.6) is 0 Å². The van der Waals surface area contributed by atoms with Gasteiger partial charge in [0.2, 0.25) is 5.91 Å². The van der Waals surface area contributed by atoms with Crippen molar-refractivity contribution >= 4 is 16.3 Å². The maximum atomic E-state index is 12.3. The van der Waals surface area contributed by atoms with Crippen molar-refractivity contribution in [1.82, 2.24) is 4.90 Å². The molecule has 1 fully saturated rings. The Balaban J connectivity index is 0.000000989. The third-order valence-electron chi connectivity index (χ3n) is 5.78. The second-order valence-electron chi connectivity index (χ2n) is 8.76. The fourth-order valence-corrected chi connectivity index (χ4v) is 4.21. The fourth-order valence-electron chi connectivity index (χ4n) is 3.69. The number of carbonyl (C=O) groups is 1. The molecule has 0 saturated carbocycles. The van der Waals surface area contributed by atoms with E-state index in [1.165, 1.54) is 56.5 Å². The van der Waals surface area contributed by atoms with E-state index in [0.29, 0.717) is 6.42 Å². The van der Waals surface area contributed by atoms with E-state index in [0.717, 1.165) is 19.3 Å². The van der Waals surface area contributed by atoms with Crippen molar-refractivity contribution in [3.8, 4) is 0 Å². The predicted molar refractivity (Wildman–Crippen MR) is 136 cm³/mol. The largest absolute Gasteiger partial charge is 0.426 e. The van der Waals surface area contributed by atoms with Gasteiger partial charge in [0.15, 0.2) is 6.29 Å². The maximum absolute atomic E-state index is 12.3. The molecule has 1 aliphatic heterocycles. The Morgan fingerprint density at radius 1 is 1.00 bits per heavy atom. The molecule has 220 valence electrons. The smallest absolute Gasteiger partial charge is 0.394 e. The van der Waals surface area contributed by atoms with Gasteiger partial charge in [-0.25, -0.2) is 9.07 Å². The van der Waals surface area contributed by atoms with Crippen LogP contribution in [0.4, 0.5) is 0 Å². The Morgan fingerprint density at radius 3 is 2.08 bits per heavy atom. The molecule has 0 aromatic rings. The monoisotopic (exact) mass is 557 g/mol.